The smallest absolute Gasteiger partial charge is 0.224 e. The lowest BCUT2D eigenvalue weighted by Crippen LogP contribution is -2.43. The van der Waals surface area contributed by atoms with Crippen LogP contribution in [0.3, 0.4) is 0 Å². The van der Waals surface area contributed by atoms with Gasteiger partial charge in [-0.25, -0.2) is 4.98 Å². The Kier molecular flexibility index (Phi) is 11.0. The fourth-order valence-corrected chi connectivity index (χ4v) is 5.39. The Morgan fingerprint density at radius 3 is 2.38 bits per heavy atom. The summed E-state index contributed by atoms with van der Waals surface area (Å²) in [6.07, 6.45) is 10.0. The molecular formula is C28H42Cl2N6O. The van der Waals surface area contributed by atoms with Crippen molar-refractivity contribution in [1.29, 1.82) is 0 Å². The van der Waals surface area contributed by atoms with E-state index in [9.17, 15) is 5.11 Å². The quantitative estimate of drug-likeness (QED) is 0.368. The van der Waals surface area contributed by atoms with E-state index in [1.54, 1.807) is 0 Å². The molecule has 9 heteroatoms. The second-order valence-corrected chi connectivity index (χ2v) is 10.4. The van der Waals surface area contributed by atoms with Gasteiger partial charge in [0, 0.05) is 68.7 Å². The van der Waals surface area contributed by atoms with Crippen LogP contribution in [0, 0.1) is 0 Å². The summed E-state index contributed by atoms with van der Waals surface area (Å²) < 4.78 is 2.35. The van der Waals surface area contributed by atoms with Gasteiger partial charge >= 0.3 is 0 Å². The normalized spacial score (nSPS) is 20.8. The predicted molar refractivity (Wildman–Crippen MR) is 157 cm³/mol. The van der Waals surface area contributed by atoms with Gasteiger partial charge in [0.05, 0.1) is 6.10 Å². The monoisotopic (exact) mass is 548 g/mol. The lowest BCUT2D eigenvalue weighted by molar-refractivity contribution is 0.111. The highest BCUT2D eigenvalue weighted by molar-refractivity contribution is 5.94. The average molecular weight is 550 g/mol. The number of aliphatic hydroxyl groups is 1. The van der Waals surface area contributed by atoms with Crippen LogP contribution >= 0.6 is 24.8 Å². The molecule has 3 heterocycles. The molecule has 37 heavy (non-hydrogen) atoms. The van der Waals surface area contributed by atoms with E-state index >= 15 is 0 Å². The van der Waals surface area contributed by atoms with Crippen molar-refractivity contribution in [3.05, 3.63) is 42.2 Å². The Morgan fingerprint density at radius 2 is 1.70 bits per heavy atom. The molecule has 0 amide bonds. The van der Waals surface area contributed by atoms with Gasteiger partial charge in [-0.3, -0.25) is 4.90 Å². The zero-order valence-electron chi connectivity index (χ0n) is 22.1. The molecular weight excluding hydrogens is 507 g/mol. The SMILES string of the molecule is CCCCNc1ncc2c(-c3ccc(CN4CCN(C)CC4)cc3)cn(C3CCC(O)CC3)c2n1.Cl.Cl. The second-order valence-electron chi connectivity index (χ2n) is 10.4. The Labute approximate surface area is 233 Å². The van der Waals surface area contributed by atoms with E-state index in [4.69, 9.17) is 4.98 Å². The fraction of sp³-hybridized carbons (Fsp3) is 0.571. The van der Waals surface area contributed by atoms with Crippen molar-refractivity contribution in [2.24, 2.45) is 0 Å². The lowest BCUT2D eigenvalue weighted by Gasteiger charge is -2.32. The highest BCUT2D eigenvalue weighted by atomic mass is 35.5. The van der Waals surface area contributed by atoms with Crippen molar-refractivity contribution < 1.29 is 5.11 Å². The first-order valence-electron chi connectivity index (χ1n) is 13.4. The maximum absolute atomic E-state index is 10.0. The molecule has 0 radical (unpaired) electrons. The van der Waals surface area contributed by atoms with Crippen LogP contribution in [-0.4, -0.2) is 75.3 Å². The predicted octanol–water partition coefficient (Wildman–Crippen LogP) is 5.38. The zero-order chi connectivity index (χ0) is 24.2. The molecule has 2 fully saturated rings. The third-order valence-corrected chi connectivity index (χ3v) is 7.71. The standard InChI is InChI=1S/C28H40N6O.2ClH/c1-3-4-13-29-28-30-18-25-26(20-34(27(25)31-28)23-9-11-24(35)12-10-23)22-7-5-21(6-8-22)19-33-16-14-32(2)15-17-33;;/h5-8,18,20,23-24,35H,3-4,9-17,19H2,1-2H3,(H,29,30,31);2*1H. The Hall–Kier alpha value is -1.90. The van der Waals surface area contributed by atoms with Crippen LogP contribution in [0.25, 0.3) is 22.2 Å². The van der Waals surface area contributed by atoms with Crippen molar-refractivity contribution in [1.82, 2.24) is 24.3 Å². The molecule has 1 aromatic carbocycles. The number of hydrogen-bond donors (Lipinski definition) is 2. The molecule has 2 aliphatic rings. The molecule has 1 aliphatic heterocycles. The Morgan fingerprint density at radius 1 is 1.00 bits per heavy atom. The average Bonchev–Trinajstić information content (AvgIpc) is 3.25. The number of fused-ring (bicyclic) bond motifs is 1. The van der Waals surface area contributed by atoms with E-state index in [0.717, 1.165) is 88.8 Å². The molecule has 1 saturated carbocycles. The number of piperazine rings is 1. The molecule has 1 saturated heterocycles. The Bertz CT molecular complexity index is 1110. The van der Waals surface area contributed by atoms with Crippen LogP contribution in [0.2, 0.25) is 0 Å². The number of likely N-dealkylation sites (N-methyl/N-ethyl adjacent to an activating group) is 1. The van der Waals surface area contributed by atoms with Gasteiger partial charge in [-0.2, -0.15) is 4.98 Å². The number of aliphatic hydroxyl groups excluding tert-OH is 1. The van der Waals surface area contributed by atoms with Gasteiger partial charge in [0.2, 0.25) is 5.95 Å². The van der Waals surface area contributed by atoms with Crippen LogP contribution in [0.15, 0.2) is 36.7 Å². The highest BCUT2D eigenvalue weighted by Crippen LogP contribution is 2.36. The first-order valence-corrected chi connectivity index (χ1v) is 13.4. The minimum absolute atomic E-state index is 0. The number of aromatic nitrogens is 3. The van der Waals surface area contributed by atoms with Gasteiger partial charge in [0.15, 0.2) is 0 Å². The van der Waals surface area contributed by atoms with E-state index in [2.05, 4.69) is 69.1 Å². The maximum Gasteiger partial charge on any atom is 0.224 e. The van der Waals surface area contributed by atoms with Crippen molar-refractivity contribution >= 4 is 41.8 Å². The van der Waals surface area contributed by atoms with Gasteiger partial charge in [-0.05, 0) is 50.3 Å². The molecule has 1 aliphatic carbocycles. The summed E-state index contributed by atoms with van der Waals surface area (Å²) in [5.41, 5.74) is 4.76. The van der Waals surface area contributed by atoms with Crippen LogP contribution < -0.4 is 5.32 Å². The molecule has 7 nitrogen and oxygen atoms in total. The molecule has 204 valence electrons. The van der Waals surface area contributed by atoms with Gasteiger partial charge in [0.1, 0.15) is 5.65 Å². The van der Waals surface area contributed by atoms with Gasteiger partial charge < -0.3 is 19.9 Å². The number of nitrogens with one attached hydrogen (secondary N) is 1. The molecule has 5 rings (SSSR count). The fourth-order valence-electron chi connectivity index (χ4n) is 5.39. The zero-order valence-corrected chi connectivity index (χ0v) is 23.7. The van der Waals surface area contributed by atoms with Gasteiger partial charge in [-0.15, -0.1) is 24.8 Å². The van der Waals surface area contributed by atoms with Crippen LogP contribution in [-0.2, 0) is 6.54 Å². The largest absolute Gasteiger partial charge is 0.393 e. The van der Waals surface area contributed by atoms with Crippen LogP contribution in [0.4, 0.5) is 5.95 Å². The highest BCUT2D eigenvalue weighted by Gasteiger charge is 2.24. The first kappa shape index (κ1) is 29.7. The second kappa shape index (κ2) is 13.8. The number of halogens is 2. The van der Waals surface area contributed by atoms with Crippen molar-refractivity contribution in [2.75, 3.05) is 45.1 Å². The third kappa shape index (κ3) is 7.15. The summed E-state index contributed by atoms with van der Waals surface area (Å²) >= 11 is 0. The van der Waals surface area contributed by atoms with Crippen LogP contribution in [0.5, 0.6) is 0 Å². The minimum Gasteiger partial charge on any atom is -0.393 e. The molecule has 0 atom stereocenters. The van der Waals surface area contributed by atoms with Crippen LogP contribution in [0.1, 0.15) is 57.1 Å². The summed E-state index contributed by atoms with van der Waals surface area (Å²) in [4.78, 5) is 14.5. The van der Waals surface area contributed by atoms with E-state index in [1.807, 2.05) is 6.20 Å². The first-order chi connectivity index (χ1) is 17.1. The number of anilines is 1. The molecule has 2 aromatic heterocycles. The Balaban J connectivity index is 0.00000190. The molecule has 0 spiro atoms. The molecule has 2 N–H and O–H groups in total. The molecule has 3 aromatic rings. The number of unbranched alkanes of at least 4 members (excludes halogenated alkanes) is 1. The third-order valence-electron chi connectivity index (χ3n) is 7.71. The summed E-state index contributed by atoms with van der Waals surface area (Å²) in [7, 11) is 2.20. The lowest BCUT2D eigenvalue weighted by atomic mass is 9.93. The number of nitrogens with zero attached hydrogens (tertiary/aromatic N) is 5. The van der Waals surface area contributed by atoms with E-state index < -0.39 is 0 Å². The molecule has 0 unspecified atom stereocenters. The van der Waals surface area contributed by atoms with E-state index in [0.29, 0.717) is 12.0 Å². The van der Waals surface area contributed by atoms with Gasteiger partial charge in [-0.1, -0.05) is 37.6 Å². The maximum atomic E-state index is 10.0. The summed E-state index contributed by atoms with van der Waals surface area (Å²) in [6.45, 7) is 8.64. The summed E-state index contributed by atoms with van der Waals surface area (Å²) in [5, 5.41) is 14.5. The minimum atomic E-state index is -0.165. The van der Waals surface area contributed by atoms with E-state index in [-0.39, 0.29) is 30.9 Å². The van der Waals surface area contributed by atoms with Crippen molar-refractivity contribution in [2.45, 2.75) is 64.1 Å². The van der Waals surface area contributed by atoms with E-state index in [1.165, 1.54) is 16.7 Å². The number of hydrogen-bond acceptors (Lipinski definition) is 6. The molecule has 0 bridgehead atoms. The van der Waals surface area contributed by atoms with Crippen molar-refractivity contribution in [3.63, 3.8) is 0 Å². The topological polar surface area (TPSA) is 69.5 Å². The number of rotatable bonds is 8. The van der Waals surface area contributed by atoms with Gasteiger partial charge in [0.25, 0.3) is 0 Å². The summed E-state index contributed by atoms with van der Waals surface area (Å²) in [5.74, 6) is 0.704. The summed E-state index contributed by atoms with van der Waals surface area (Å²) in [6, 6.07) is 9.42. The number of benzene rings is 1. The van der Waals surface area contributed by atoms with Crippen molar-refractivity contribution in [3.8, 4) is 11.1 Å².